The summed E-state index contributed by atoms with van der Waals surface area (Å²) in [6.45, 7) is -0.585. The molecule has 0 unspecified atom stereocenters. The molecule has 0 bridgehead atoms. The van der Waals surface area contributed by atoms with E-state index in [1.54, 1.807) is 6.07 Å². The summed E-state index contributed by atoms with van der Waals surface area (Å²) in [5.41, 5.74) is 0.113. The Bertz CT molecular complexity index is 1390. The highest BCUT2D eigenvalue weighted by molar-refractivity contribution is 6.16. The molecule has 0 radical (unpaired) electrons. The van der Waals surface area contributed by atoms with Gasteiger partial charge in [-0.2, -0.15) is 5.26 Å². The van der Waals surface area contributed by atoms with E-state index in [1.165, 1.54) is 12.1 Å². The molecule has 0 saturated carbocycles. The largest absolute Gasteiger partial charge is 0.452 e. The molecule has 4 rings (SSSR count). The lowest BCUT2D eigenvalue weighted by Crippen LogP contribution is -2.21. The maximum atomic E-state index is 12.9. The van der Waals surface area contributed by atoms with E-state index in [-0.39, 0.29) is 16.9 Å². The number of non-ortho nitro benzene ring substituents is 1. The monoisotopic (exact) mass is 425 g/mol. The molecule has 0 spiro atoms. The molecule has 8 nitrogen and oxygen atoms in total. The van der Waals surface area contributed by atoms with Gasteiger partial charge in [0.05, 0.1) is 21.7 Å². The van der Waals surface area contributed by atoms with Crippen LogP contribution >= 0.6 is 0 Å². The van der Waals surface area contributed by atoms with Crippen molar-refractivity contribution in [3.8, 4) is 6.07 Å². The van der Waals surface area contributed by atoms with Crippen molar-refractivity contribution in [1.82, 2.24) is 0 Å². The molecule has 0 aliphatic heterocycles. The fourth-order valence-corrected chi connectivity index (χ4v) is 3.47. The quantitative estimate of drug-likeness (QED) is 0.216. The van der Waals surface area contributed by atoms with Gasteiger partial charge in [0.2, 0.25) is 0 Å². The molecule has 0 heterocycles. The molecule has 0 aliphatic rings. The highest BCUT2D eigenvalue weighted by Gasteiger charge is 2.18. The molecule has 1 amide bonds. The van der Waals surface area contributed by atoms with Gasteiger partial charge >= 0.3 is 5.97 Å². The van der Waals surface area contributed by atoms with Gasteiger partial charge < -0.3 is 10.1 Å². The average molecular weight is 425 g/mol. The summed E-state index contributed by atoms with van der Waals surface area (Å²) in [5.74, 6) is -1.33. The first-order valence-electron chi connectivity index (χ1n) is 9.54. The molecule has 0 aromatic heterocycles. The summed E-state index contributed by atoms with van der Waals surface area (Å²) in [6, 6.07) is 22.1. The Morgan fingerprint density at radius 2 is 1.59 bits per heavy atom. The van der Waals surface area contributed by atoms with Crippen molar-refractivity contribution >= 4 is 44.8 Å². The van der Waals surface area contributed by atoms with Crippen molar-refractivity contribution in [2.24, 2.45) is 0 Å². The lowest BCUT2D eigenvalue weighted by atomic mass is 9.97. The van der Waals surface area contributed by atoms with Crippen LogP contribution in [-0.2, 0) is 9.53 Å². The standard InChI is InChI=1S/C24H15N3O5/c25-13-17-12-18(27(30)31)9-10-21(17)26-22(28)14-32-24(29)23-19-7-3-1-5-15(19)11-16-6-2-4-8-20(16)23/h1-12H,14H2,(H,26,28). The SMILES string of the molecule is N#Cc1cc([N+](=O)[O-])ccc1NC(=O)COC(=O)c1c2ccccc2cc2ccccc12. The summed E-state index contributed by atoms with van der Waals surface area (Å²) in [5, 5.41) is 25.6. The van der Waals surface area contributed by atoms with Crippen molar-refractivity contribution in [3.63, 3.8) is 0 Å². The minimum Gasteiger partial charge on any atom is -0.452 e. The van der Waals surface area contributed by atoms with E-state index in [2.05, 4.69) is 5.32 Å². The van der Waals surface area contributed by atoms with Crippen LogP contribution in [0.25, 0.3) is 21.5 Å². The maximum Gasteiger partial charge on any atom is 0.339 e. The van der Waals surface area contributed by atoms with Crippen LogP contribution in [0.1, 0.15) is 15.9 Å². The second kappa shape index (κ2) is 8.53. The molecule has 4 aromatic rings. The van der Waals surface area contributed by atoms with Crippen molar-refractivity contribution < 1.29 is 19.2 Å². The van der Waals surface area contributed by atoms with Gasteiger partial charge in [-0.05, 0) is 33.7 Å². The summed E-state index contributed by atoms with van der Waals surface area (Å²) in [6.07, 6.45) is 0. The Morgan fingerprint density at radius 3 is 2.19 bits per heavy atom. The van der Waals surface area contributed by atoms with Gasteiger partial charge in [0.25, 0.3) is 11.6 Å². The number of nitrogens with zero attached hydrogens (tertiary/aromatic N) is 2. The predicted octanol–water partition coefficient (Wildman–Crippen LogP) is 4.57. The van der Waals surface area contributed by atoms with E-state index in [0.29, 0.717) is 16.3 Å². The van der Waals surface area contributed by atoms with E-state index < -0.39 is 23.4 Å². The van der Waals surface area contributed by atoms with E-state index in [4.69, 9.17) is 4.74 Å². The van der Waals surface area contributed by atoms with E-state index in [0.717, 1.165) is 16.8 Å². The molecular formula is C24H15N3O5. The number of carbonyl (C=O) groups is 2. The van der Waals surface area contributed by atoms with Crippen molar-refractivity contribution in [2.75, 3.05) is 11.9 Å². The van der Waals surface area contributed by atoms with Crippen molar-refractivity contribution in [1.29, 1.82) is 5.26 Å². The number of benzene rings is 4. The molecule has 0 fully saturated rings. The number of amides is 1. The number of nitro benzene ring substituents is 1. The van der Waals surface area contributed by atoms with Gasteiger partial charge in [0.15, 0.2) is 6.61 Å². The van der Waals surface area contributed by atoms with Gasteiger partial charge in [-0.15, -0.1) is 0 Å². The number of carbonyl (C=O) groups excluding carboxylic acids is 2. The Balaban J connectivity index is 1.56. The number of fused-ring (bicyclic) bond motifs is 2. The minimum absolute atomic E-state index is 0.0704. The summed E-state index contributed by atoms with van der Waals surface area (Å²) < 4.78 is 5.27. The van der Waals surface area contributed by atoms with Crippen LogP contribution in [0.4, 0.5) is 11.4 Å². The zero-order valence-electron chi connectivity index (χ0n) is 16.6. The Morgan fingerprint density at radius 1 is 0.969 bits per heavy atom. The molecular weight excluding hydrogens is 410 g/mol. The Labute approximate surface area is 181 Å². The first kappa shape index (κ1) is 20.5. The topological polar surface area (TPSA) is 122 Å². The van der Waals surface area contributed by atoms with Crippen LogP contribution in [0.5, 0.6) is 0 Å². The normalized spacial score (nSPS) is 10.5. The maximum absolute atomic E-state index is 12.9. The van der Waals surface area contributed by atoms with Crippen LogP contribution in [0.2, 0.25) is 0 Å². The number of esters is 1. The fourth-order valence-electron chi connectivity index (χ4n) is 3.47. The number of nitriles is 1. The lowest BCUT2D eigenvalue weighted by Gasteiger charge is -2.12. The lowest BCUT2D eigenvalue weighted by molar-refractivity contribution is -0.384. The average Bonchev–Trinajstić information content (AvgIpc) is 2.81. The van der Waals surface area contributed by atoms with Crippen LogP contribution in [0.15, 0.2) is 72.8 Å². The fraction of sp³-hybridized carbons (Fsp3) is 0.0417. The zero-order chi connectivity index (χ0) is 22.7. The smallest absolute Gasteiger partial charge is 0.339 e. The molecule has 0 aliphatic carbocycles. The molecule has 0 saturated heterocycles. The van der Waals surface area contributed by atoms with Crippen molar-refractivity contribution in [2.45, 2.75) is 0 Å². The third-order valence-electron chi connectivity index (χ3n) is 4.92. The molecule has 8 heteroatoms. The van der Waals surface area contributed by atoms with E-state index in [9.17, 15) is 25.0 Å². The predicted molar refractivity (Wildman–Crippen MR) is 118 cm³/mol. The molecule has 0 atom stereocenters. The number of nitro groups is 1. The number of hydrogen-bond donors (Lipinski definition) is 1. The van der Waals surface area contributed by atoms with Gasteiger partial charge in [-0.25, -0.2) is 4.79 Å². The molecule has 156 valence electrons. The first-order chi connectivity index (χ1) is 15.5. The first-order valence-corrected chi connectivity index (χ1v) is 9.54. The summed E-state index contributed by atoms with van der Waals surface area (Å²) >= 11 is 0. The van der Waals surface area contributed by atoms with Gasteiger partial charge in [0, 0.05) is 12.1 Å². The third-order valence-corrected chi connectivity index (χ3v) is 4.92. The van der Waals surface area contributed by atoms with Gasteiger partial charge in [-0.3, -0.25) is 14.9 Å². The molecule has 32 heavy (non-hydrogen) atoms. The number of ether oxygens (including phenoxy) is 1. The third kappa shape index (κ3) is 3.95. The van der Waals surface area contributed by atoms with Crippen LogP contribution in [0, 0.1) is 21.4 Å². The van der Waals surface area contributed by atoms with Crippen molar-refractivity contribution in [3.05, 3.63) is 94.0 Å². The second-order valence-corrected chi connectivity index (χ2v) is 6.92. The summed E-state index contributed by atoms with van der Waals surface area (Å²) in [4.78, 5) is 35.5. The van der Waals surface area contributed by atoms with Gasteiger partial charge in [-0.1, -0.05) is 48.5 Å². The Hall–Kier alpha value is -4.77. The molecule has 1 N–H and O–H groups in total. The van der Waals surface area contributed by atoms with Gasteiger partial charge in [0.1, 0.15) is 6.07 Å². The number of hydrogen-bond acceptors (Lipinski definition) is 6. The van der Waals surface area contributed by atoms with Crippen LogP contribution < -0.4 is 5.32 Å². The Kier molecular flexibility index (Phi) is 5.47. The van der Waals surface area contributed by atoms with Crippen LogP contribution in [0.3, 0.4) is 0 Å². The minimum atomic E-state index is -0.673. The number of nitrogens with one attached hydrogen (secondary N) is 1. The summed E-state index contributed by atoms with van der Waals surface area (Å²) in [7, 11) is 0. The molecule has 4 aromatic carbocycles. The highest BCUT2D eigenvalue weighted by Crippen LogP contribution is 2.29. The highest BCUT2D eigenvalue weighted by atomic mass is 16.6. The van der Waals surface area contributed by atoms with E-state index >= 15 is 0 Å². The number of rotatable bonds is 5. The second-order valence-electron chi connectivity index (χ2n) is 6.92. The van der Waals surface area contributed by atoms with Crippen LogP contribution in [-0.4, -0.2) is 23.4 Å². The van der Waals surface area contributed by atoms with E-state index in [1.807, 2.05) is 54.6 Å². The number of anilines is 1. The zero-order valence-corrected chi connectivity index (χ0v) is 16.6.